The minimum atomic E-state index is -0.893. The highest BCUT2D eigenvalue weighted by molar-refractivity contribution is 7.99. The highest BCUT2D eigenvalue weighted by atomic mass is 32.2. The van der Waals surface area contributed by atoms with Crippen molar-refractivity contribution in [3.63, 3.8) is 0 Å². The Bertz CT molecular complexity index is 880. The van der Waals surface area contributed by atoms with E-state index in [9.17, 15) is 9.90 Å². The van der Waals surface area contributed by atoms with Gasteiger partial charge in [-0.05, 0) is 53.9 Å². The Balaban J connectivity index is 1.55. The van der Waals surface area contributed by atoms with Crippen molar-refractivity contribution in [1.29, 1.82) is 0 Å². The van der Waals surface area contributed by atoms with E-state index in [0.717, 1.165) is 26.7 Å². The number of amides is 1. The smallest absolute Gasteiger partial charge is 0.407 e. The lowest BCUT2D eigenvalue weighted by atomic mass is 10.1. The molecule has 0 aliphatic heterocycles. The maximum absolute atomic E-state index is 11.5. The molecule has 1 amide bonds. The van der Waals surface area contributed by atoms with Gasteiger partial charge in [0, 0.05) is 22.9 Å². The second kappa shape index (κ2) is 9.85. The highest BCUT2D eigenvalue weighted by Crippen LogP contribution is 2.29. The molecule has 3 aromatic carbocycles. The maximum atomic E-state index is 11.5. The number of ether oxygens (including phenoxy) is 1. The van der Waals surface area contributed by atoms with Crippen LogP contribution in [0.25, 0.3) is 0 Å². The number of benzene rings is 3. The molecule has 0 bridgehead atoms. The molecule has 3 aromatic rings. The van der Waals surface area contributed by atoms with Gasteiger partial charge < -0.3 is 14.7 Å². The van der Waals surface area contributed by atoms with Crippen molar-refractivity contribution in [3.05, 3.63) is 90.0 Å². The quantitative estimate of drug-likeness (QED) is 0.544. The summed E-state index contributed by atoms with van der Waals surface area (Å²) in [6.45, 7) is 0.872. The summed E-state index contributed by atoms with van der Waals surface area (Å²) < 4.78 is 5.18. The van der Waals surface area contributed by atoms with Gasteiger partial charge in [0.2, 0.25) is 0 Å². The Morgan fingerprint density at radius 3 is 2.07 bits per heavy atom. The van der Waals surface area contributed by atoms with Gasteiger partial charge in [-0.3, -0.25) is 0 Å². The largest absolute Gasteiger partial charge is 0.497 e. The zero-order valence-electron chi connectivity index (χ0n) is 15.7. The molecular weight excluding hydrogens is 370 g/mol. The molecule has 28 heavy (non-hydrogen) atoms. The van der Waals surface area contributed by atoms with Crippen molar-refractivity contribution in [2.24, 2.45) is 0 Å². The molecule has 0 saturated heterocycles. The second-order valence-electron chi connectivity index (χ2n) is 6.36. The Morgan fingerprint density at radius 1 is 0.893 bits per heavy atom. The molecular formula is C23H23NO3S. The van der Waals surface area contributed by atoms with E-state index >= 15 is 0 Å². The van der Waals surface area contributed by atoms with Gasteiger partial charge in [-0.25, -0.2) is 4.79 Å². The van der Waals surface area contributed by atoms with E-state index in [0.29, 0.717) is 19.5 Å². The van der Waals surface area contributed by atoms with Crippen molar-refractivity contribution in [3.8, 4) is 5.75 Å². The normalized spacial score (nSPS) is 10.5. The topological polar surface area (TPSA) is 49.8 Å². The summed E-state index contributed by atoms with van der Waals surface area (Å²) in [5, 5.41) is 9.47. The lowest BCUT2D eigenvalue weighted by Crippen LogP contribution is -2.30. The second-order valence-corrected chi connectivity index (χ2v) is 7.51. The molecule has 0 aliphatic carbocycles. The van der Waals surface area contributed by atoms with Crippen molar-refractivity contribution in [2.45, 2.75) is 22.8 Å². The number of carboxylic acid groups (broad SMARTS) is 1. The first-order chi connectivity index (χ1) is 13.6. The highest BCUT2D eigenvalue weighted by Gasteiger charge is 2.12. The molecule has 1 N–H and O–H groups in total. The average Bonchev–Trinajstić information content (AvgIpc) is 2.73. The van der Waals surface area contributed by atoms with Crippen LogP contribution in [0.5, 0.6) is 5.75 Å². The fourth-order valence-electron chi connectivity index (χ4n) is 2.81. The predicted octanol–water partition coefficient (Wildman–Crippen LogP) is 5.57. The molecule has 0 heterocycles. The van der Waals surface area contributed by atoms with E-state index in [-0.39, 0.29) is 0 Å². The zero-order chi connectivity index (χ0) is 19.8. The molecule has 0 aliphatic rings. The molecule has 4 nitrogen and oxygen atoms in total. The SMILES string of the molecule is COc1ccc(Sc2ccc(CCN(Cc3ccccc3)C(=O)O)cc2)cc1. The van der Waals surface area contributed by atoms with Gasteiger partial charge in [0.1, 0.15) is 5.75 Å². The van der Waals surface area contributed by atoms with E-state index in [1.807, 2.05) is 54.6 Å². The number of methoxy groups -OCH3 is 1. The molecule has 0 radical (unpaired) electrons. The van der Waals surface area contributed by atoms with Gasteiger partial charge >= 0.3 is 6.09 Å². The minimum absolute atomic E-state index is 0.404. The lowest BCUT2D eigenvalue weighted by Gasteiger charge is -2.19. The van der Waals surface area contributed by atoms with Crippen LogP contribution < -0.4 is 4.74 Å². The van der Waals surface area contributed by atoms with Crippen LogP contribution in [0.15, 0.2) is 88.7 Å². The van der Waals surface area contributed by atoms with Crippen LogP contribution in [0.1, 0.15) is 11.1 Å². The Hall–Kier alpha value is -2.92. The Morgan fingerprint density at radius 2 is 1.50 bits per heavy atom. The van der Waals surface area contributed by atoms with E-state index in [1.165, 1.54) is 4.90 Å². The summed E-state index contributed by atoms with van der Waals surface area (Å²) in [6.07, 6.45) is -0.206. The number of hydrogen-bond donors (Lipinski definition) is 1. The van der Waals surface area contributed by atoms with E-state index in [4.69, 9.17) is 4.74 Å². The first-order valence-electron chi connectivity index (χ1n) is 9.06. The van der Waals surface area contributed by atoms with Gasteiger partial charge in [0.05, 0.1) is 7.11 Å². The average molecular weight is 394 g/mol. The summed E-state index contributed by atoms with van der Waals surface area (Å²) in [6, 6.07) is 25.9. The molecule has 5 heteroatoms. The van der Waals surface area contributed by atoms with E-state index in [2.05, 4.69) is 24.3 Å². The van der Waals surface area contributed by atoms with Crippen LogP contribution in [0.4, 0.5) is 4.79 Å². The van der Waals surface area contributed by atoms with Crippen LogP contribution in [0.2, 0.25) is 0 Å². The molecule has 0 unspecified atom stereocenters. The number of hydrogen-bond acceptors (Lipinski definition) is 3. The molecule has 0 fully saturated rings. The number of rotatable bonds is 8. The Kier molecular flexibility index (Phi) is 6.98. The molecule has 0 saturated carbocycles. The third kappa shape index (κ3) is 5.79. The van der Waals surface area contributed by atoms with Gasteiger partial charge in [-0.1, -0.05) is 54.2 Å². The minimum Gasteiger partial charge on any atom is -0.497 e. The summed E-state index contributed by atoms with van der Waals surface area (Å²) in [4.78, 5) is 15.3. The summed E-state index contributed by atoms with van der Waals surface area (Å²) >= 11 is 1.69. The van der Waals surface area contributed by atoms with Crippen LogP contribution in [-0.2, 0) is 13.0 Å². The maximum Gasteiger partial charge on any atom is 0.407 e. The molecule has 144 valence electrons. The van der Waals surface area contributed by atoms with Crippen molar-refractivity contribution >= 4 is 17.9 Å². The van der Waals surface area contributed by atoms with Crippen LogP contribution in [-0.4, -0.2) is 29.8 Å². The van der Waals surface area contributed by atoms with Crippen LogP contribution in [0.3, 0.4) is 0 Å². The van der Waals surface area contributed by atoms with Gasteiger partial charge in [-0.2, -0.15) is 0 Å². The number of carbonyl (C=O) groups is 1. The molecule has 0 aromatic heterocycles. The third-order valence-corrected chi connectivity index (χ3v) is 5.39. The first-order valence-corrected chi connectivity index (χ1v) is 9.88. The van der Waals surface area contributed by atoms with Crippen molar-refractivity contribution in [1.82, 2.24) is 4.90 Å². The zero-order valence-corrected chi connectivity index (χ0v) is 16.6. The molecule has 0 atom stereocenters. The van der Waals surface area contributed by atoms with Gasteiger partial charge in [0.25, 0.3) is 0 Å². The first kappa shape index (κ1) is 19.8. The molecule has 0 spiro atoms. The monoisotopic (exact) mass is 393 g/mol. The van der Waals surface area contributed by atoms with Gasteiger partial charge in [0.15, 0.2) is 0 Å². The van der Waals surface area contributed by atoms with Crippen LogP contribution in [0, 0.1) is 0 Å². The van der Waals surface area contributed by atoms with Gasteiger partial charge in [-0.15, -0.1) is 0 Å². The standard InChI is InChI=1S/C23H23NO3S/c1-27-20-9-13-22(14-10-20)28-21-11-7-18(8-12-21)15-16-24(23(25)26)17-19-5-3-2-4-6-19/h2-14H,15-17H2,1H3,(H,25,26). The summed E-state index contributed by atoms with van der Waals surface area (Å²) in [5.74, 6) is 0.846. The summed E-state index contributed by atoms with van der Waals surface area (Å²) in [5.41, 5.74) is 2.12. The fourth-order valence-corrected chi connectivity index (χ4v) is 3.63. The lowest BCUT2D eigenvalue weighted by molar-refractivity contribution is 0.143. The predicted molar refractivity (Wildman–Crippen MR) is 112 cm³/mol. The fraction of sp³-hybridized carbons (Fsp3) is 0.174. The van der Waals surface area contributed by atoms with Crippen LogP contribution >= 0.6 is 11.8 Å². The third-order valence-electron chi connectivity index (χ3n) is 4.38. The number of nitrogens with zero attached hydrogens (tertiary/aromatic N) is 1. The van der Waals surface area contributed by atoms with Crippen molar-refractivity contribution < 1.29 is 14.6 Å². The van der Waals surface area contributed by atoms with Crippen molar-refractivity contribution in [2.75, 3.05) is 13.7 Å². The van der Waals surface area contributed by atoms with E-state index < -0.39 is 6.09 Å². The Labute approximate surface area is 169 Å². The molecule has 3 rings (SSSR count). The van der Waals surface area contributed by atoms with E-state index in [1.54, 1.807) is 18.9 Å². The summed E-state index contributed by atoms with van der Waals surface area (Å²) in [7, 11) is 1.66.